The third-order valence-corrected chi connectivity index (χ3v) is 6.94. The van der Waals surface area contributed by atoms with Crippen molar-refractivity contribution in [3.8, 4) is 11.3 Å². The molecule has 26 heavy (non-hydrogen) atoms. The molecule has 0 aliphatic heterocycles. The maximum absolute atomic E-state index is 12.5. The first kappa shape index (κ1) is 17.1. The van der Waals surface area contributed by atoms with Crippen LogP contribution in [0.2, 0.25) is 4.34 Å². The minimum Gasteiger partial charge on any atom is -0.306 e. The van der Waals surface area contributed by atoms with Gasteiger partial charge in [-0.2, -0.15) is 0 Å². The number of halogens is 1. The highest BCUT2D eigenvalue weighted by atomic mass is 35.5. The first-order valence-electron chi connectivity index (χ1n) is 7.75. The lowest BCUT2D eigenvalue weighted by Crippen LogP contribution is -2.11. The lowest BCUT2D eigenvalue weighted by molar-refractivity contribution is 0.603. The predicted molar refractivity (Wildman–Crippen MR) is 106 cm³/mol. The summed E-state index contributed by atoms with van der Waals surface area (Å²) in [4.78, 5) is 4.61. The summed E-state index contributed by atoms with van der Waals surface area (Å²) in [6.07, 6.45) is 3.87. The van der Waals surface area contributed by atoms with Crippen LogP contribution in [-0.2, 0) is 10.0 Å². The SMILES string of the molecule is Cc1ccn2cc(-c3cccc(NS(=O)(=O)c4ccc(Cl)s4)c3)nc2c1. The Morgan fingerprint density at radius 2 is 2.00 bits per heavy atom. The van der Waals surface area contributed by atoms with Crippen molar-refractivity contribution in [2.24, 2.45) is 0 Å². The molecule has 3 heterocycles. The van der Waals surface area contributed by atoms with E-state index in [0.717, 1.165) is 33.8 Å². The summed E-state index contributed by atoms with van der Waals surface area (Å²) in [7, 11) is -3.66. The highest BCUT2D eigenvalue weighted by Crippen LogP contribution is 2.28. The zero-order valence-corrected chi connectivity index (χ0v) is 16.1. The molecule has 0 saturated heterocycles. The second kappa shape index (κ2) is 6.42. The Hall–Kier alpha value is -2.35. The van der Waals surface area contributed by atoms with Gasteiger partial charge >= 0.3 is 0 Å². The monoisotopic (exact) mass is 403 g/mol. The van der Waals surface area contributed by atoms with Gasteiger partial charge in [0.15, 0.2) is 0 Å². The second-order valence-corrected chi connectivity index (χ2v) is 9.46. The standard InChI is InChI=1S/C18H14ClN3O2S2/c1-12-7-8-22-11-15(20-17(22)9-12)13-3-2-4-14(10-13)21-26(23,24)18-6-5-16(19)25-18/h2-11,21H,1H3. The van der Waals surface area contributed by atoms with E-state index in [0.29, 0.717) is 10.0 Å². The Bertz CT molecular complexity index is 1210. The number of benzene rings is 1. The van der Waals surface area contributed by atoms with E-state index in [1.165, 1.54) is 6.07 Å². The summed E-state index contributed by atoms with van der Waals surface area (Å²) >= 11 is 6.86. The van der Waals surface area contributed by atoms with Crippen molar-refractivity contribution < 1.29 is 8.42 Å². The summed E-state index contributed by atoms with van der Waals surface area (Å²) in [5, 5.41) is 0. The number of fused-ring (bicyclic) bond motifs is 1. The molecule has 0 amide bonds. The van der Waals surface area contributed by atoms with Gasteiger partial charge in [-0.15, -0.1) is 11.3 Å². The van der Waals surface area contributed by atoms with Gasteiger partial charge in [0.2, 0.25) is 0 Å². The number of nitrogens with one attached hydrogen (secondary N) is 1. The van der Waals surface area contributed by atoms with Crippen LogP contribution in [0.3, 0.4) is 0 Å². The molecule has 0 unspecified atom stereocenters. The quantitative estimate of drug-likeness (QED) is 0.531. The number of aromatic nitrogens is 2. The fraction of sp³-hybridized carbons (Fsp3) is 0.0556. The van der Waals surface area contributed by atoms with Gasteiger partial charge in [0.1, 0.15) is 9.86 Å². The average Bonchev–Trinajstić information content (AvgIpc) is 3.21. The van der Waals surface area contributed by atoms with Crippen molar-refractivity contribution in [1.29, 1.82) is 0 Å². The van der Waals surface area contributed by atoms with Crippen molar-refractivity contribution in [2.75, 3.05) is 4.72 Å². The molecule has 4 aromatic rings. The molecule has 0 spiro atoms. The molecule has 0 bridgehead atoms. The van der Waals surface area contributed by atoms with Gasteiger partial charge in [0.25, 0.3) is 10.0 Å². The van der Waals surface area contributed by atoms with Crippen molar-refractivity contribution in [3.63, 3.8) is 0 Å². The number of sulfonamides is 1. The number of anilines is 1. The third-order valence-electron chi connectivity index (χ3n) is 3.84. The molecule has 0 atom stereocenters. The van der Waals surface area contributed by atoms with E-state index >= 15 is 0 Å². The first-order valence-corrected chi connectivity index (χ1v) is 10.4. The summed E-state index contributed by atoms with van der Waals surface area (Å²) in [5.41, 5.74) is 4.05. The maximum atomic E-state index is 12.5. The Balaban J connectivity index is 1.67. The zero-order chi connectivity index (χ0) is 18.3. The molecule has 4 rings (SSSR count). The van der Waals surface area contributed by atoms with Gasteiger partial charge in [-0.1, -0.05) is 23.7 Å². The molecule has 0 fully saturated rings. The molecule has 0 radical (unpaired) electrons. The highest BCUT2D eigenvalue weighted by Gasteiger charge is 2.17. The largest absolute Gasteiger partial charge is 0.306 e. The lowest BCUT2D eigenvalue weighted by Gasteiger charge is -2.07. The third kappa shape index (κ3) is 3.33. The van der Waals surface area contributed by atoms with Crippen molar-refractivity contribution in [3.05, 3.63) is 70.8 Å². The highest BCUT2D eigenvalue weighted by molar-refractivity contribution is 7.94. The van der Waals surface area contributed by atoms with E-state index < -0.39 is 10.0 Å². The Morgan fingerprint density at radius 3 is 2.77 bits per heavy atom. The van der Waals surface area contributed by atoms with Crippen LogP contribution >= 0.6 is 22.9 Å². The molecule has 1 N–H and O–H groups in total. The van der Waals surface area contributed by atoms with E-state index in [1.807, 2.05) is 41.9 Å². The molecule has 1 aromatic carbocycles. The van der Waals surface area contributed by atoms with Crippen molar-refractivity contribution >= 4 is 44.3 Å². The van der Waals surface area contributed by atoms with E-state index in [2.05, 4.69) is 9.71 Å². The van der Waals surface area contributed by atoms with E-state index in [4.69, 9.17) is 11.6 Å². The minimum absolute atomic E-state index is 0.177. The first-order chi connectivity index (χ1) is 12.4. The maximum Gasteiger partial charge on any atom is 0.271 e. The summed E-state index contributed by atoms with van der Waals surface area (Å²) < 4.78 is 30.1. The van der Waals surface area contributed by atoms with Crippen LogP contribution in [0.4, 0.5) is 5.69 Å². The van der Waals surface area contributed by atoms with Crippen LogP contribution < -0.4 is 4.72 Å². The number of thiophene rings is 1. The molecule has 8 heteroatoms. The van der Waals surface area contributed by atoms with Crippen LogP contribution in [0.5, 0.6) is 0 Å². The van der Waals surface area contributed by atoms with Crippen LogP contribution in [0.25, 0.3) is 16.9 Å². The van der Waals surface area contributed by atoms with Gasteiger partial charge in [0, 0.05) is 23.6 Å². The smallest absolute Gasteiger partial charge is 0.271 e. The van der Waals surface area contributed by atoms with Crippen LogP contribution in [-0.4, -0.2) is 17.8 Å². The Morgan fingerprint density at radius 1 is 1.15 bits per heavy atom. The van der Waals surface area contributed by atoms with Crippen LogP contribution in [0.15, 0.2) is 65.1 Å². The fourth-order valence-corrected chi connectivity index (χ4v) is 5.14. The number of hydrogen-bond donors (Lipinski definition) is 1. The molecule has 132 valence electrons. The predicted octanol–water partition coefficient (Wildman–Crippen LogP) is 4.83. The van der Waals surface area contributed by atoms with Gasteiger partial charge in [-0.3, -0.25) is 4.72 Å². The molecule has 3 aromatic heterocycles. The van der Waals surface area contributed by atoms with Crippen LogP contribution in [0, 0.1) is 6.92 Å². The Labute approximate surface area is 160 Å². The summed E-state index contributed by atoms with van der Waals surface area (Å²) in [6, 6.07) is 14.2. The number of pyridine rings is 1. The number of rotatable bonds is 4. The number of aryl methyl sites for hydroxylation is 1. The summed E-state index contributed by atoms with van der Waals surface area (Å²) in [6.45, 7) is 2.01. The molecule has 5 nitrogen and oxygen atoms in total. The molecule has 0 saturated carbocycles. The lowest BCUT2D eigenvalue weighted by atomic mass is 10.1. The van der Waals surface area contributed by atoms with E-state index in [9.17, 15) is 8.42 Å². The topological polar surface area (TPSA) is 63.5 Å². The molecular weight excluding hydrogens is 390 g/mol. The zero-order valence-electron chi connectivity index (χ0n) is 13.7. The number of imidazole rings is 1. The number of hydrogen-bond acceptors (Lipinski definition) is 4. The van der Waals surface area contributed by atoms with Crippen LogP contribution in [0.1, 0.15) is 5.56 Å². The minimum atomic E-state index is -3.66. The van der Waals surface area contributed by atoms with Gasteiger partial charge in [-0.25, -0.2) is 13.4 Å². The molecular formula is C18H14ClN3O2S2. The van der Waals surface area contributed by atoms with E-state index in [-0.39, 0.29) is 4.21 Å². The molecule has 0 aliphatic carbocycles. The van der Waals surface area contributed by atoms with Gasteiger partial charge in [0.05, 0.1) is 10.0 Å². The Kier molecular flexibility index (Phi) is 4.22. The van der Waals surface area contributed by atoms with E-state index in [1.54, 1.807) is 24.3 Å². The normalized spacial score (nSPS) is 11.8. The van der Waals surface area contributed by atoms with Gasteiger partial charge in [-0.05, 0) is 48.9 Å². The second-order valence-electron chi connectivity index (χ2n) is 5.84. The summed E-state index contributed by atoms with van der Waals surface area (Å²) in [5.74, 6) is 0. The molecule has 0 aliphatic rings. The van der Waals surface area contributed by atoms with Crippen molar-refractivity contribution in [2.45, 2.75) is 11.1 Å². The van der Waals surface area contributed by atoms with Gasteiger partial charge < -0.3 is 4.40 Å². The number of nitrogens with zero attached hydrogens (tertiary/aromatic N) is 2. The average molecular weight is 404 g/mol. The van der Waals surface area contributed by atoms with Crippen molar-refractivity contribution in [1.82, 2.24) is 9.38 Å². The fourth-order valence-electron chi connectivity index (χ4n) is 2.61.